The number of unbranched alkanes of at least 4 members (excludes halogenated alkanes) is 1. The minimum atomic E-state index is -0.196. The van der Waals surface area contributed by atoms with Crippen LogP contribution in [0.1, 0.15) is 32.1 Å². The summed E-state index contributed by atoms with van der Waals surface area (Å²) < 4.78 is 0. The second kappa shape index (κ2) is 6.87. The molecular weight excluding hydrogens is 162 g/mol. The second-order valence-electron chi connectivity index (χ2n) is 3.53. The van der Waals surface area contributed by atoms with Gasteiger partial charge in [-0.1, -0.05) is 12.2 Å². The molecule has 3 N–H and O–H groups in total. The number of rotatable bonds is 8. The molecule has 0 spiro atoms. The smallest absolute Gasteiger partial charge is 0.0431 e. The Morgan fingerprint density at radius 2 is 1.69 bits per heavy atom. The third-order valence-electron chi connectivity index (χ3n) is 2.18. The zero-order valence-electron chi connectivity index (χ0n) is 8.34. The van der Waals surface area contributed by atoms with E-state index in [4.69, 9.17) is 10.8 Å². The van der Waals surface area contributed by atoms with Crippen molar-refractivity contribution in [3.8, 4) is 0 Å². The van der Waals surface area contributed by atoms with Gasteiger partial charge in [-0.25, -0.2) is 0 Å². The third-order valence-corrected chi connectivity index (χ3v) is 2.18. The lowest BCUT2D eigenvalue weighted by atomic mass is 9.87. The maximum absolute atomic E-state index is 8.64. The molecule has 76 valence electrons. The van der Waals surface area contributed by atoms with E-state index in [0.717, 1.165) is 32.1 Å². The van der Waals surface area contributed by atoms with E-state index in [2.05, 4.69) is 13.2 Å². The minimum Gasteiger partial charge on any atom is -0.396 e. The van der Waals surface area contributed by atoms with Crippen LogP contribution in [0.4, 0.5) is 0 Å². The average molecular weight is 183 g/mol. The Hall–Kier alpha value is -0.600. The molecule has 0 saturated heterocycles. The maximum atomic E-state index is 8.64. The Bertz CT molecular complexity index is 144. The van der Waals surface area contributed by atoms with E-state index in [1.807, 2.05) is 12.2 Å². The molecule has 2 nitrogen and oxygen atoms in total. The van der Waals surface area contributed by atoms with Gasteiger partial charge >= 0.3 is 0 Å². The lowest BCUT2D eigenvalue weighted by Crippen LogP contribution is -2.38. The first kappa shape index (κ1) is 12.4. The molecular formula is C11H21NO. The van der Waals surface area contributed by atoms with E-state index in [1.165, 1.54) is 0 Å². The Balaban J connectivity index is 3.90. The monoisotopic (exact) mass is 183 g/mol. The van der Waals surface area contributed by atoms with Crippen molar-refractivity contribution < 1.29 is 5.11 Å². The fourth-order valence-electron chi connectivity index (χ4n) is 1.45. The molecule has 0 aromatic carbocycles. The summed E-state index contributed by atoms with van der Waals surface area (Å²) in [5.74, 6) is 0. The number of hydrogen-bond acceptors (Lipinski definition) is 2. The summed E-state index contributed by atoms with van der Waals surface area (Å²) in [6.45, 7) is 7.63. The van der Waals surface area contributed by atoms with E-state index in [9.17, 15) is 0 Å². The number of aliphatic hydroxyl groups is 1. The van der Waals surface area contributed by atoms with Crippen molar-refractivity contribution in [3.05, 3.63) is 25.3 Å². The maximum Gasteiger partial charge on any atom is 0.0431 e. The van der Waals surface area contributed by atoms with Gasteiger partial charge in [-0.2, -0.15) is 0 Å². The van der Waals surface area contributed by atoms with Gasteiger partial charge in [0.1, 0.15) is 0 Å². The molecule has 2 heteroatoms. The van der Waals surface area contributed by atoms with Gasteiger partial charge in [-0.15, -0.1) is 13.2 Å². The average Bonchev–Trinajstić information content (AvgIpc) is 2.05. The van der Waals surface area contributed by atoms with Crippen LogP contribution in [0.2, 0.25) is 0 Å². The van der Waals surface area contributed by atoms with Crippen LogP contribution in [0.25, 0.3) is 0 Å². The summed E-state index contributed by atoms with van der Waals surface area (Å²) in [7, 11) is 0. The summed E-state index contributed by atoms with van der Waals surface area (Å²) in [5, 5.41) is 8.64. The van der Waals surface area contributed by atoms with Crippen LogP contribution in [0, 0.1) is 0 Å². The Morgan fingerprint density at radius 3 is 2.08 bits per heavy atom. The van der Waals surface area contributed by atoms with E-state index in [1.54, 1.807) is 0 Å². The van der Waals surface area contributed by atoms with Crippen molar-refractivity contribution in [2.45, 2.75) is 37.6 Å². The van der Waals surface area contributed by atoms with Gasteiger partial charge in [0.25, 0.3) is 0 Å². The van der Waals surface area contributed by atoms with Crippen LogP contribution in [0.3, 0.4) is 0 Å². The van der Waals surface area contributed by atoms with Crippen molar-refractivity contribution in [2.24, 2.45) is 5.73 Å². The van der Waals surface area contributed by atoms with Crippen LogP contribution in [-0.2, 0) is 0 Å². The lowest BCUT2D eigenvalue weighted by molar-refractivity contribution is 0.272. The molecule has 0 bridgehead atoms. The molecule has 0 aliphatic rings. The van der Waals surface area contributed by atoms with Crippen LogP contribution in [0.5, 0.6) is 0 Å². The molecule has 0 saturated carbocycles. The van der Waals surface area contributed by atoms with E-state index in [-0.39, 0.29) is 12.1 Å². The summed E-state index contributed by atoms with van der Waals surface area (Å²) in [6.07, 6.45) is 8.04. The normalized spacial score (nSPS) is 11.2. The van der Waals surface area contributed by atoms with Gasteiger partial charge < -0.3 is 10.8 Å². The minimum absolute atomic E-state index is 0.196. The summed E-state index contributed by atoms with van der Waals surface area (Å²) >= 11 is 0. The van der Waals surface area contributed by atoms with E-state index >= 15 is 0 Å². The zero-order chi connectivity index (χ0) is 10.2. The number of nitrogens with two attached hydrogens (primary N) is 1. The van der Waals surface area contributed by atoms with E-state index < -0.39 is 0 Å². The second-order valence-corrected chi connectivity index (χ2v) is 3.53. The number of aliphatic hydroxyl groups excluding tert-OH is 1. The van der Waals surface area contributed by atoms with Gasteiger partial charge in [0.2, 0.25) is 0 Å². The first-order valence-electron chi connectivity index (χ1n) is 4.80. The fourth-order valence-corrected chi connectivity index (χ4v) is 1.45. The van der Waals surface area contributed by atoms with Crippen molar-refractivity contribution in [1.82, 2.24) is 0 Å². The van der Waals surface area contributed by atoms with Gasteiger partial charge in [-0.05, 0) is 32.1 Å². The first-order chi connectivity index (χ1) is 6.18. The highest BCUT2D eigenvalue weighted by molar-refractivity contribution is 4.95. The quantitative estimate of drug-likeness (QED) is 0.446. The molecule has 0 amide bonds. The molecule has 0 aliphatic carbocycles. The van der Waals surface area contributed by atoms with Crippen LogP contribution >= 0.6 is 0 Å². The molecule has 0 unspecified atom stereocenters. The SMILES string of the molecule is C=CCC(N)(CC=C)CCCCO. The highest BCUT2D eigenvalue weighted by Gasteiger charge is 2.20. The van der Waals surface area contributed by atoms with Crippen molar-refractivity contribution in [2.75, 3.05) is 6.61 Å². The molecule has 0 fully saturated rings. The van der Waals surface area contributed by atoms with Crippen LogP contribution in [-0.4, -0.2) is 17.3 Å². The standard InChI is InChI=1S/C11H21NO/c1-3-7-11(12,8-4-2)9-5-6-10-13/h3-4,13H,1-2,5-10,12H2. The van der Waals surface area contributed by atoms with Gasteiger partial charge in [-0.3, -0.25) is 0 Å². The zero-order valence-corrected chi connectivity index (χ0v) is 8.34. The van der Waals surface area contributed by atoms with E-state index in [0.29, 0.717) is 0 Å². The molecule has 0 aromatic rings. The molecule has 0 aromatic heterocycles. The predicted octanol–water partition coefficient (Wildman–Crippen LogP) is 2.00. The Morgan fingerprint density at radius 1 is 1.15 bits per heavy atom. The highest BCUT2D eigenvalue weighted by atomic mass is 16.2. The molecule has 0 atom stereocenters. The van der Waals surface area contributed by atoms with Crippen molar-refractivity contribution in [1.29, 1.82) is 0 Å². The molecule has 0 radical (unpaired) electrons. The summed E-state index contributed by atoms with van der Waals surface area (Å²) in [6, 6.07) is 0. The van der Waals surface area contributed by atoms with Crippen LogP contribution in [0.15, 0.2) is 25.3 Å². The highest BCUT2D eigenvalue weighted by Crippen LogP contribution is 2.20. The van der Waals surface area contributed by atoms with Crippen molar-refractivity contribution >= 4 is 0 Å². The molecule has 0 aliphatic heterocycles. The Labute approximate surface area is 81.1 Å². The Kier molecular flexibility index (Phi) is 6.55. The largest absolute Gasteiger partial charge is 0.396 e. The molecule has 13 heavy (non-hydrogen) atoms. The van der Waals surface area contributed by atoms with Gasteiger partial charge in [0.05, 0.1) is 0 Å². The lowest BCUT2D eigenvalue weighted by Gasteiger charge is -2.26. The summed E-state index contributed by atoms with van der Waals surface area (Å²) in [4.78, 5) is 0. The van der Waals surface area contributed by atoms with Crippen LogP contribution < -0.4 is 5.73 Å². The van der Waals surface area contributed by atoms with Gasteiger partial charge in [0, 0.05) is 12.1 Å². The molecule has 0 heterocycles. The van der Waals surface area contributed by atoms with Crippen molar-refractivity contribution in [3.63, 3.8) is 0 Å². The summed E-state index contributed by atoms with van der Waals surface area (Å²) in [5.41, 5.74) is 5.94. The predicted molar refractivity (Wildman–Crippen MR) is 57.5 cm³/mol. The molecule has 0 rings (SSSR count). The van der Waals surface area contributed by atoms with Gasteiger partial charge in [0.15, 0.2) is 0 Å². The fraction of sp³-hybridized carbons (Fsp3) is 0.636. The third kappa shape index (κ3) is 5.61. The first-order valence-corrected chi connectivity index (χ1v) is 4.80. The topological polar surface area (TPSA) is 46.2 Å². The number of hydrogen-bond donors (Lipinski definition) is 2.